The van der Waals surface area contributed by atoms with Gasteiger partial charge in [0.1, 0.15) is 17.4 Å². The molecule has 4 aromatic rings. The van der Waals surface area contributed by atoms with E-state index in [2.05, 4.69) is 60.5 Å². The molecule has 1 aromatic carbocycles. The fourth-order valence-electron chi connectivity index (χ4n) is 8.28. The lowest BCUT2D eigenvalue weighted by Crippen LogP contribution is -2.52. The molecule has 4 N–H and O–H groups in total. The molecule has 13 heteroatoms. The van der Waals surface area contributed by atoms with E-state index in [9.17, 15) is 19.2 Å². The lowest BCUT2D eigenvalue weighted by atomic mass is 9.76. The highest BCUT2D eigenvalue weighted by atomic mass is 16.2. The Labute approximate surface area is 302 Å². The molecule has 3 aromatic heterocycles. The van der Waals surface area contributed by atoms with Crippen LogP contribution in [0.4, 0.5) is 5.69 Å². The molecule has 3 aliphatic heterocycles. The van der Waals surface area contributed by atoms with E-state index in [0.29, 0.717) is 11.5 Å². The molecule has 52 heavy (non-hydrogen) atoms. The summed E-state index contributed by atoms with van der Waals surface area (Å²) in [6, 6.07) is 11.0. The lowest BCUT2D eigenvalue weighted by molar-refractivity contribution is -0.134. The highest BCUT2D eigenvalue weighted by Gasteiger charge is 2.31. The van der Waals surface area contributed by atoms with Crippen LogP contribution in [0.2, 0.25) is 0 Å². The summed E-state index contributed by atoms with van der Waals surface area (Å²) in [6.45, 7) is 10.7. The van der Waals surface area contributed by atoms with Crippen molar-refractivity contribution < 1.29 is 19.2 Å². The number of nitrogens with zero attached hydrogens (tertiary/aromatic N) is 5. The molecule has 1 atom stereocenters. The van der Waals surface area contributed by atoms with Crippen LogP contribution in [0, 0.1) is 11.3 Å². The molecule has 3 saturated heterocycles. The number of anilines is 1. The Balaban J connectivity index is 0.798. The summed E-state index contributed by atoms with van der Waals surface area (Å²) in [5, 5.41) is 14.0. The molecule has 13 nitrogen and oxygen atoms in total. The van der Waals surface area contributed by atoms with Gasteiger partial charge in [0.2, 0.25) is 11.8 Å². The van der Waals surface area contributed by atoms with Crippen molar-refractivity contribution in [2.45, 2.75) is 64.8 Å². The van der Waals surface area contributed by atoms with Crippen molar-refractivity contribution in [3.8, 4) is 11.4 Å². The van der Waals surface area contributed by atoms with Crippen LogP contribution in [-0.2, 0) is 22.4 Å². The van der Waals surface area contributed by atoms with Gasteiger partial charge < -0.3 is 20.1 Å². The summed E-state index contributed by atoms with van der Waals surface area (Å²) < 4.78 is 0. The maximum atomic E-state index is 13.6. The van der Waals surface area contributed by atoms with Gasteiger partial charge in [0.05, 0.1) is 17.6 Å². The summed E-state index contributed by atoms with van der Waals surface area (Å²) in [6.07, 6.45) is 7.51. The van der Waals surface area contributed by atoms with Gasteiger partial charge in [0, 0.05) is 80.0 Å². The van der Waals surface area contributed by atoms with Crippen LogP contribution in [0.15, 0.2) is 42.6 Å². The zero-order valence-electron chi connectivity index (χ0n) is 30.0. The molecule has 0 spiro atoms. The van der Waals surface area contributed by atoms with E-state index in [-0.39, 0.29) is 35.8 Å². The van der Waals surface area contributed by atoms with Crippen LogP contribution in [-0.4, -0.2) is 105 Å². The minimum Gasteiger partial charge on any atom is -0.370 e. The molecular weight excluding hydrogens is 658 g/mol. The molecule has 0 unspecified atom stereocenters. The quantitative estimate of drug-likeness (QED) is 0.212. The van der Waals surface area contributed by atoms with Gasteiger partial charge in [0.25, 0.3) is 11.8 Å². The van der Waals surface area contributed by atoms with E-state index in [1.807, 2.05) is 29.2 Å². The molecule has 272 valence electrons. The first-order valence-electron chi connectivity index (χ1n) is 18.6. The van der Waals surface area contributed by atoms with Gasteiger partial charge >= 0.3 is 0 Å². The van der Waals surface area contributed by atoms with Crippen molar-refractivity contribution in [2.75, 3.05) is 50.7 Å². The molecule has 3 fully saturated rings. The largest absolute Gasteiger partial charge is 0.370 e. The van der Waals surface area contributed by atoms with Gasteiger partial charge in [-0.05, 0) is 80.2 Å². The number of benzene rings is 1. The second-order valence-corrected chi connectivity index (χ2v) is 15.8. The number of nitrogens with one attached hydrogen (secondary N) is 4. The molecule has 4 amide bonds. The first kappa shape index (κ1) is 34.1. The second kappa shape index (κ2) is 13.8. The standard InChI is InChI=1S/C39H47N9O4/c1-39(2)12-9-28-33(21-39)44-45-35(28)32-19-25-3-4-26(20-31(25)41-32)38(52)48-17-15-46(16-18-48)23-24-10-13-47(14-11-24)27-5-6-29(40-22-27)36(50)42-30-7-8-34(49)43-37(30)51/h3-6,19-20,22,24,30,41H,7-18,21,23H2,1-2H3,(H,42,50)(H,44,45)(H,43,49,51)/t30-/m0/s1. The normalized spacial score (nSPS) is 21.2. The molecule has 0 saturated carbocycles. The van der Waals surface area contributed by atoms with E-state index in [0.717, 1.165) is 106 Å². The SMILES string of the molecule is CC1(C)CCc2c(-c3cc4ccc(C(=O)N5CCN(CC6CCN(c7ccc(C(=O)N[C@H]8CCC(=O)NC8=O)nc7)CC6)CC5)cc4[nH]3)n[nH]c2C1. The van der Waals surface area contributed by atoms with Crippen molar-refractivity contribution in [3.05, 3.63) is 65.1 Å². The minimum absolute atomic E-state index is 0.0819. The number of H-pyrrole nitrogens is 2. The average Bonchev–Trinajstić information content (AvgIpc) is 3.76. The highest BCUT2D eigenvalue weighted by molar-refractivity contribution is 6.03. The Morgan fingerprint density at radius 2 is 1.77 bits per heavy atom. The number of piperazine rings is 1. The molecule has 8 rings (SSSR count). The minimum atomic E-state index is -0.727. The Morgan fingerprint density at radius 1 is 0.962 bits per heavy atom. The van der Waals surface area contributed by atoms with Gasteiger partial charge in [-0.2, -0.15) is 5.10 Å². The Kier molecular flexibility index (Phi) is 9.06. The van der Waals surface area contributed by atoms with Crippen molar-refractivity contribution in [2.24, 2.45) is 11.3 Å². The van der Waals surface area contributed by atoms with Crippen molar-refractivity contribution in [1.29, 1.82) is 0 Å². The molecule has 6 heterocycles. The monoisotopic (exact) mass is 705 g/mol. The van der Waals surface area contributed by atoms with Crippen LogP contribution < -0.4 is 15.5 Å². The van der Waals surface area contributed by atoms with Gasteiger partial charge in [-0.3, -0.25) is 34.5 Å². The summed E-state index contributed by atoms with van der Waals surface area (Å²) in [4.78, 5) is 64.3. The third-order valence-electron chi connectivity index (χ3n) is 11.5. The average molecular weight is 706 g/mol. The summed E-state index contributed by atoms with van der Waals surface area (Å²) >= 11 is 0. The molecular formula is C39H47N9O4. The van der Waals surface area contributed by atoms with Crippen LogP contribution >= 0.6 is 0 Å². The van der Waals surface area contributed by atoms with E-state index < -0.39 is 17.9 Å². The molecule has 4 aliphatic rings. The Bertz CT molecular complexity index is 2000. The van der Waals surface area contributed by atoms with E-state index in [1.54, 1.807) is 12.3 Å². The van der Waals surface area contributed by atoms with Crippen LogP contribution in [0.1, 0.15) is 78.1 Å². The molecule has 0 bridgehead atoms. The zero-order chi connectivity index (χ0) is 36.0. The maximum absolute atomic E-state index is 13.6. The number of aromatic nitrogens is 4. The highest BCUT2D eigenvalue weighted by Crippen LogP contribution is 2.38. The molecule has 1 aliphatic carbocycles. The number of pyridine rings is 1. The number of piperidine rings is 2. The first-order valence-corrected chi connectivity index (χ1v) is 18.6. The number of hydrogen-bond acceptors (Lipinski definition) is 8. The number of rotatable bonds is 7. The van der Waals surface area contributed by atoms with Gasteiger partial charge in [-0.1, -0.05) is 19.9 Å². The maximum Gasteiger partial charge on any atom is 0.270 e. The number of fused-ring (bicyclic) bond motifs is 2. The van der Waals surface area contributed by atoms with Crippen molar-refractivity contribution in [1.82, 2.24) is 40.6 Å². The molecule has 0 radical (unpaired) electrons. The fraction of sp³-hybridized carbons (Fsp3) is 0.487. The predicted molar refractivity (Wildman–Crippen MR) is 197 cm³/mol. The van der Waals surface area contributed by atoms with E-state index in [1.165, 1.54) is 11.3 Å². The lowest BCUT2D eigenvalue weighted by Gasteiger charge is -2.39. The van der Waals surface area contributed by atoms with Gasteiger partial charge in [-0.25, -0.2) is 4.98 Å². The third kappa shape index (κ3) is 7.06. The second-order valence-electron chi connectivity index (χ2n) is 15.8. The summed E-state index contributed by atoms with van der Waals surface area (Å²) in [5.74, 6) is -0.557. The summed E-state index contributed by atoms with van der Waals surface area (Å²) in [7, 11) is 0. The smallest absolute Gasteiger partial charge is 0.270 e. The number of carbonyl (C=O) groups excluding carboxylic acids is 4. The first-order chi connectivity index (χ1) is 25.1. The van der Waals surface area contributed by atoms with Crippen LogP contribution in [0.25, 0.3) is 22.3 Å². The number of amides is 4. The van der Waals surface area contributed by atoms with E-state index in [4.69, 9.17) is 0 Å². The number of carbonyl (C=O) groups is 4. The number of aromatic amines is 2. The van der Waals surface area contributed by atoms with Crippen LogP contribution in [0.5, 0.6) is 0 Å². The number of imide groups is 1. The topological polar surface area (TPSA) is 159 Å². The third-order valence-corrected chi connectivity index (χ3v) is 11.5. The fourth-order valence-corrected chi connectivity index (χ4v) is 8.28. The Morgan fingerprint density at radius 3 is 2.52 bits per heavy atom. The van der Waals surface area contributed by atoms with Gasteiger partial charge in [-0.15, -0.1) is 0 Å². The van der Waals surface area contributed by atoms with Crippen LogP contribution in [0.3, 0.4) is 0 Å². The van der Waals surface area contributed by atoms with Crippen molar-refractivity contribution >= 4 is 40.2 Å². The zero-order valence-corrected chi connectivity index (χ0v) is 30.0. The number of hydrogen-bond donors (Lipinski definition) is 4. The predicted octanol–water partition coefficient (Wildman–Crippen LogP) is 3.68. The summed E-state index contributed by atoms with van der Waals surface area (Å²) in [5.41, 5.74) is 7.73. The van der Waals surface area contributed by atoms with Crippen molar-refractivity contribution in [3.63, 3.8) is 0 Å². The Hall–Kier alpha value is -5.04. The van der Waals surface area contributed by atoms with Gasteiger partial charge in [0.15, 0.2) is 0 Å². The van der Waals surface area contributed by atoms with E-state index >= 15 is 0 Å².